The molecule has 0 fully saturated rings. The summed E-state index contributed by atoms with van der Waals surface area (Å²) in [6, 6.07) is 13.0. The zero-order chi connectivity index (χ0) is 13.8. The number of carbonyl (C=O) groups excluding carboxylic acids is 1. The lowest BCUT2D eigenvalue weighted by molar-refractivity contribution is 0.102. The first-order chi connectivity index (χ1) is 9.15. The Balaban J connectivity index is 0.00000200. The Labute approximate surface area is 130 Å². The number of carbonyl (C=O) groups is 1. The average molecular weight is 338 g/mol. The van der Waals surface area contributed by atoms with Crippen molar-refractivity contribution in [2.24, 2.45) is 5.73 Å². The van der Waals surface area contributed by atoms with Crippen molar-refractivity contribution in [3.63, 3.8) is 0 Å². The van der Waals surface area contributed by atoms with Crippen LogP contribution in [0.25, 0.3) is 0 Å². The fourth-order valence-electron chi connectivity index (χ4n) is 2.16. The molecule has 2 aromatic rings. The van der Waals surface area contributed by atoms with Gasteiger partial charge in [0.15, 0.2) is 0 Å². The van der Waals surface area contributed by atoms with E-state index in [2.05, 4.69) is 0 Å². The quantitative estimate of drug-likeness (QED) is 0.852. The molecular formula is C15H20BrN3O. The van der Waals surface area contributed by atoms with Gasteiger partial charge in [-0.2, -0.15) is 0 Å². The van der Waals surface area contributed by atoms with Crippen LogP contribution in [0, 0.1) is 0 Å². The predicted molar refractivity (Wildman–Crippen MR) is 86.4 cm³/mol. The topological polar surface area (TPSA) is 51.3 Å². The van der Waals surface area contributed by atoms with Gasteiger partial charge in [0.05, 0.1) is 11.9 Å². The minimum absolute atomic E-state index is 0. The molecule has 0 saturated carbocycles. The number of hydrogen-bond acceptors (Lipinski definition) is 3. The molecule has 2 N–H and O–H groups in total. The summed E-state index contributed by atoms with van der Waals surface area (Å²) in [6.45, 7) is 0.455. The summed E-state index contributed by atoms with van der Waals surface area (Å²) in [7, 11) is 3.91. The Morgan fingerprint density at radius 2 is 1.85 bits per heavy atom. The molecule has 0 aliphatic carbocycles. The fourth-order valence-corrected chi connectivity index (χ4v) is 2.16. The van der Waals surface area contributed by atoms with Gasteiger partial charge in [-0.15, -0.1) is 17.0 Å². The highest BCUT2D eigenvalue weighted by Crippen LogP contribution is 2.16. The van der Waals surface area contributed by atoms with Crippen LogP contribution in [0.3, 0.4) is 0 Å². The Morgan fingerprint density at radius 3 is 2.40 bits per heavy atom. The van der Waals surface area contributed by atoms with Gasteiger partial charge in [0, 0.05) is 18.3 Å². The molecule has 108 valence electrons. The number of ketones is 1. The van der Waals surface area contributed by atoms with Gasteiger partial charge in [0.1, 0.15) is 0 Å². The Hall–Kier alpha value is -1.43. The number of nitrogens with zero attached hydrogens (tertiary/aromatic N) is 2. The number of halogens is 1. The first-order valence-corrected chi connectivity index (χ1v) is 6.28. The van der Waals surface area contributed by atoms with Gasteiger partial charge < -0.3 is 10.3 Å². The third-order valence-electron chi connectivity index (χ3n) is 3.18. The molecule has 0 amide bonds. The third-order valence-corrected chi connectivity index (χ3v) is 3.18. The van der Waals surface area contributed by atoms with Gasteiger partial charge in [0.2, 0.25) is 5.78 Å². The number of benzene rings is 1. The van der Waals surface area contributed by atoms with E-state index in [0.717, 1.165) is 0 Å². The maximum Gasteiger partial charge on any atom is 0.209 e. The second-order valence-electron chi connectivity index (χ2n) is 4.68. The van der Waals surface area contributed by atoms with Crippen LogP contribution in [0.4, 0.5) is 0 Å². The molecule has 4 nitrogen and oxygen atoms in total. The second kappa shape index (κ2) is 7.38. The van der Waals surface area contributed by atoms with E-state index in [0.29, 0.717) is 17.8 Å². The van der Waals surface area contributed by atoms with Crippen LogP contribution in [0.15, 0.2) is 48.7 Å². The highest BCUT2D eigenvalue weighted by molar-refractivity contribution is 8.93. The molecule has 1 aromatic carbocycles. The standard InChI is InChI=1S/C15H19N3O.BrH/c1-17(2)14(11-16)18-10-6-9-13(18)15(19)12-7-4-3-5-8-12;/h3-10,14H,11,16H2,1-2H3;1H. The molecule has 1 heterocycles. The zero-order valence-electron chi connectivity index (χ0n) is 11.7. The molecule has 0 aliphatic heterocycles. The summed E-state index contributed by atoms with van der Waals surface area (Å²) in [5, 5.41) is 0. The zero-order valence-corrected chi connectivity index (χ0v) is 13.4. The lowest BCUT2D eigenvalue weighted by atomic mass is 10.1. The number of hydrogen-bond donors (Lipinski definition) is 1. The van der Waals surface area contributed by atoms with E-state index in [1.54, 1.807) is 0 Å². The van der Waals surface area contributed by atoms with E-state index >= 15 is 0 Å². The first kappa shape index (κ1) is 16.6. The van der Waals surface area contributed by atoms with Gasteiger partial charge in [-0.3, -0.25) is 9.69 Å². The van der Waals surface area contributed by atoms with E-state index in [4.69, 9.17) is 5.73 Å². The maximum absolute atomic E-state index is 12.5. The van der Waals surface area contributed by atoms with E-state index in [-0.39, 0.29) is 28.9 Å². The molecule has 0 saturated heterocycles. The predicted octanol–water partition coefficient (Wildman–Crippen LogP) is 2.32. The summed E-state index contributed by atoms with van der Waals surface area (Å²) < 4.78 is 1.93. The highest BCUT2D eigenvalue weighted by atomic mass is 79.9. The van der Waals surface area contributed by atoms with Crippen LogP contribution in [-0.2, 0) is 0 Å². The molecule has 1 aromatic heterocycles. The largest absolute Gasteiger partial charge is 0.327 e. The monoisotopic (exact) mass is 337 g/mol. The maximum atomic E-state index is 12.5. The molecule has 5 heteroatoms. The number of aromatic nitrogens is 1. The summed E-state index contributed by atoms with van der Waals surface area (Å²) in [4.78, 5) is 14.5. The summed E-state index contributed by atoms with van der Waals surface area (Å²) in [5.41, 5.74) is 7.15. The van der Waals surface area contributed by atoms with Crippen molar-refractivity contribution >= 4 is 22.8 Å². The van der Waals surface area contributed by atoms with Crippen LogP contribution in [0.2, 0.25) is 0 Å². The molecule has 0 aliphatic rings. The van der Waals surface area contributed by atoms with Gasteiger partial charge >= 0.3 is 0 Å². The average Bonchev–Trinajstić information content (AvgIpc) is 2.88. The minimum atomic E-state index is -0.0161. The van der Waals surface area contributed by atoms with Gasteiger partial charge in [-0.1, -0.05) is 30.3 Å². The molecule has 1 atom stereocenters. The molecule has 20 heavy (non-hydrogen) atoms. The minimum Gasteiger partial charge on any atom is -0.327 e. The SMILES string of the molecule is Br.CN(C)C(CN)n1cccc1C(=O)c1ccccc1. The van der Waals surface area contributed by atoms with Crippen LogP contribution < -0.4 is 5.73 Å². The van der Waals surface area contributed by atoms with E-state index in [1.807, 2.05) is 72.2 Å². The number of rotatable bonds is 5. The summed E-state index contributed by atoms with van der Waals surface area (Å²) in [5.74, 6) is 0.0194. The van der Waals surface area contributed by atoms with Crippen molar-refractivity contribution in [1.82, 2.24) is 9.47 Å². The summed E-state index contributed by atoms with van der Waals surface area (Å²) in [6.07, 6.45) is 1.88. The van der Waals surface area contributed by atoms with Crippen molar-refractivity contribution in [3.05, 3.63) is 59.9 Å². The van der Waals surface area contributed by atoms with Crippen molar-refractivity contribution in [3.8, 4) is 0 Å². The van der Waals surface area contributed by atoms with Crippen molar-refractivity contribution < 1.29 is 4.79 Å². The number of likely N-dealkylation sites (N-methyl/N-ethyl adjacent to an activating group) is 1. The molecule has 0 radical (unpaired) electrons. The van der Waals surface area contributed by atoms with Crippen molar-refractivity contribution in [1.29, 1.82) is 0 Å². The summed E-state index contributed by atoms with van der Waals surface area (Å²) >= 11 is 0. The van der Waals surface area contributed by atoms with Gasteiger partial charge in [-0.25, -0.2) is 0 Å². The van der Waals surface area contributed by atoms with E-state index in [9.17, 15) is 4.79 Å². The van der Waals surface area contributed by atoms with Crippen molar-refractivity contribution in [2.75, 3.05) is 20.6 Å². The van der Waals surface area contributed by atoms with Crippen LogP contribution >= 0.6 is 17.0 Å². The highest BCUT2D eigenvalue weighted by Gasteiger charge is 2.19. The fraction of sp³-hybridized carbons (Fsp3) is 0.267. The molecule has 0 spiro atoms. The van der Waals surface area contributed by atoms with Crippen LogP contribution in [-0.4, -0.2) is 35.9 Å². The van der Waals surface area contributed by atoms with E-state index < -0.39 is 0 Å². The first-order valence-electron chi connectivity index (χ1n) is 6.28. The van der Waals surface area contributed by atoms with Crippen molar-refractivity contribution in [2.45, 2.75) is 6.17 Å². The van der Waals surface area contributed by atoms with Gasteiger partial charge in [-0.05, 0) is 26.2 Å². The molecule has 2 rings (SSSR count). The lowest BCUT2D eigenvalue weighted by Crippen LogP contribution is -2.33. The number of nitrogens with two attached hydrogens (primary N) is 1. The normalized spacial score (nSPS) is 12.0. The molecule has 0 bridgehead atoms. The Bertz CT molecular complexity index is 551. The molecular weight excluding hydrogens is 318 g/mol. The van der Waals surface area contributed by atoms with E-state index in [1.165, 1.54) is 0 Å². The smallest absolute Gasteiger partial charge is 0.209 e. The van der Waals surface area contributed by atoms with Crippen LogP contribution in [0.1, 0.15) is 22.2 Å². The van der Waals surface area contributed by atoms with Gasteiger partial charge in [0.25, 0.3) is 0 Å². The Morgan fingerprint density at radius 1 is 1.20 bits per heavy atom. The molecule has 1 unspecified atom stereocenters. The Kier molecular flexibility index (Phi) is 6.13. The van der Waals surface area contributed by atoms with Crippen LogP contribution in [0.5, 0.6) is 0 Å². The lowest BCUT2D eigenvalue weighted by Gasteiger charge is -2.26. The second-order valence-corrected chi connectivity index (χ2v) is 4.68. The third kappa shape index (κ3) is 3.36.